The topological polar surface area (TPSA) is 52.6 Å². The number of halogens is 1. The summed E-state index contributed by atoms with van der Waals surface area (Å²) in [5, 5.41) is 10.4. The Morgan fingerprint density at radius 2 is 2.20 bits per heavy atom. The van der Waals surface area contributed by atoms with Gasteiger partial charge in [0.15, 0.2) is 5.96 Å². The van der Waals surface area contributed by atoms with Crippen LogP contribution in [0, 0.1) is 12.8 Å². The van der Waals surface area contributed by atoms with E-state index in [-0.39, 0.29) is 24.0 Å². The third-order valence-corrected chi connectivity index (χ3v) is 5.55. The SMILES string of the molecule is CCNC(=NCCCc1nc(C)cs1)NC1CN(C(C)C)CC1C.I. The third kappa shape index (κ3) is 7.38. The Bertz CT molecular complexity index is 531. The minimum absolute atomic E-state index is 0. The van der Waals surface area contributed by atoms with Gasteiger partial charge in [-0.2, -0.15) is 0 Å². The molecule has 2 heterocycles. The number of hydrogen-bond donors (Lipinski definition) is 2. The van der Waals surface area contributed by atoms with Crippen LogP contribution < -0.4 is 10.6 Å². The highest BCUT2D eigenvalue weighted by molar-refractivity contribution is 14.0. The molecule has 2 unspecified atom stereocenters. The highest BCUT2D eigenvalue weighted by Crippen LogP contribution is 2.18. The molecule has 0 spiro atoms. The number of aliphatic imine (C=N–C) groups is 1. The maximum absolute atomic E-state index is 4.76. The molecule has 0 aromatic carbocycles. The summed E-state index contributed by atoms with van der Waals surface area (Å²) >= 11 is 1.75. The lowest BCUT2D eigenvalue weighted by molar-refractivity contribution is 0.265. The van der Waals surface area contributed by atoms with Crippen molar-refractivity contribution in [3.63, 3.8) is 0 Å². The highest BCUT2D eigenvalue weighted by Gasteiger charge is 2.31. The molecule has 2 N–H and O–H groups in total. The van der Waals surface area contributed by atoms with E-state index in [4.69, 9.17) is 4.99 Å². The Balaban J connectivity index is 0.00000312. The van der Waals surface area contributed by atoms with E-state index in [0.29, 0.717) is 18.0 Å². The molecule has 1 fully saturated rings. The van der Waals surface area contributed by atoms with Crippen LogP contribution in [-0.2, 0) is 6.42 Å². The van der Waals surface area contributed by atoms with Gasteiger partial charge in [0.25, 0.3) is 0 Å². The van der Waals surface area contributed by atoms with Crippen LogP contribution in [0.4, 0.5) is 0 Å². The molecule has 0 radical (unpaired) electrons. The van der Waals surface area contributed by atoms with E-state index in [1.807, 2.05) is 0 Å². The first-order valence-corrected chi connectivity index (χ1v) is 10.1. The fourth-order valence-electron chi connectivity index (χ4n) is 3.05. The Morgan fingerprint density at radius 1 is 1.44 bits per heavy atom. The molecule has 5 nitrogen and oxygen atoms in total. The van der Waals surface area contributed by atoms with E-state index in [0.717, 1.165) is 50.7 Å². The number of likely N-dealkylation sites (tertiary alicyclic amines) is 1. The fraction of sp³-hybridized carbons (Fsp3) is 0.778. The molecule has 0 saturated carbocycles. The molecule has 25 heavy (non-hydrogen) atoms. The van der Waals surface area contributed by atoms with Crippen LogP contribution in [0.2, 0.25) is 0 Å². The average Bonchev–Trinajstić information content (AvgIpc) is 3.10. The molecule has 0 amide bonds. The molecule has 1 saturated heterocycles. The number of nitrogens with one attached hydrogen (secondary N) is 2. The van der Waals surface area contributed by atoms with E-state index in [1.54, 1.807) is 11.3 Å². The van der Waals surface area contributed by atoms with Crippen molar-refractivity contribution < 1.29 is 0 Å². The maximum atomic E-state index is 4.76. The second-order valence-electron chi connectivity index (χ2n) is 7.02. The van der Waals surface area contributed by atoms with Crippen LogP contribution in [0.3, 0.4) is 0 Å². The Kier molecular flexibility index (Phi) is 10.3. The van der Waals surface area contributed by atoms with Gasteiger partial charge in [0.1, 0.15) is 0 Å². The van der Waals surface area contributed by atoms with Crippen molar-refractivity contribution in [1.29, 1.82) is 0 Å². The lowest BCUT2D eigenvalue weighted by atomic mass is 10.1. The standard InChI is InChI=1S/C18H33N5S.HI/c1-6-19-18(20-9-7-8-17-21-15(5)12-24-17)22-16-11-23(13(2)3)10-14(16)4;/h12-14,16H,6-11H2,1-5H3,(H2,19,20,22);1H. The van der Waals surface area contributed by atoms with Gasteiger partial charge < -0.3 is 10.6 Å². The second kappa shape index (κ2) is 11.3. The summed E-state index contributed by atoms with van der Waals surface area (Å²) in [7, 11) is 0. The van der Waals surface area contributed by atoms with Crippen molar-refractivity contribution >= 4 is 41.3 Å². The summed E-state index contributed by atoms with van der Waals surface area (Å²) in [4.78, 5) is 11.8. The number of thiazole rings is 1. The maximum Gasteiger partial charge on any atom is 0.191 e. The summed E-state index contributed by atoms with van der Waals surface area (Å²) in [5.41, 5.74) is 1.12. The molecule has 1 aromatic rings. The van der Waals surface area contributed by atoms with E-state index in [9.17, 15) is 0 Å². The van der Waals surface area contributed by atoms with Crippen LogP contribution in [0.1, 0.15) is 44.8 Å². The Hall–Kier alpha value is -0.410. The van der Waals surface area contributed by atoms with Crippen molar-refractivity contribution in [3.05, 3.63) is 16.1 Å². The van der Waals surface area contributed by atoms with Crippen molar-refractivity contribution in [2.24, 2.45) is 10.9 Å². The first-order valence-electron chi connectivity index (χ1n) is 9.19. The van der Waals surface area contributed by atoms with Crippen molar-refractivity contribution in [3.8, 4) is 0 Å². The smallest absolute Gasteiger partial charge is 0.191 e. The zero-order valence-electron chi connectivity index (χ0n) is 16.2. The van der Waals surface area contributed by atoms with Crippen molar-refractivity contribution in [2.75, 3.05) is 26.2 Å². The number of hydrogen-bond acceptors (Lipinski definition) is 4. The van der Waals surface area contributed by atoms with Gasteiger partial charge in [-0.25, -0.2) is 4.98 Å². The van der Waals surface area contributed by atoms with Gasteiger partial charge in [0, 0.05) is 55.8 Å². The van der Waals surface area contributed by atoms with Crippen molar-refractivity contribution in [1.82, 2.24) is 20.5 Å². The zero-order valence-corrected chi connectivity index (χ0v) is 19.4. The Labute approximate surface area is 174 Å². The van der Waals surface area contributed by atoms with Gasteiger partial charge in [-0.3, -0.25) is 9.89 Å². The average molecular weight is 479 g/mol. The summed E-state index contributed by atoms with van der Waals surface area (Å²) in [6.07, 6.45) is 2.06. The van der Waals surface area contributed by atoms with Crippen LogP contribution in [-0.4, -0.2) is 54.1 Å². The van der Waals surface area contributed by atoms with Gasteiger partial charge in [-0.05, 0) is 40.0 Å². The molecular formula is C18H34IN5S. The summed E-state index contributed by atoms with van der Waals surface area (Å²) in [5.74, 6) is 1.60. The molecule has 1 aromatic heterocycles. The van der Waals surface area contributed by atoms with E-state index in [2.05, 4.69) is 60.5 Å². The van der Waals surface area contributed by atoms with Gasteiger partial charge in [0.05, 0.1) is 5.01 Å². The first-order chi connectivity index (χ1) is 11.5. The largest absolute Gasteiger partial charge is 0.357 e. The van der Waals surface area contributed by atoms with Gasteiger partial charge in [-0.15, -0.1) is 35.3 Å². The number of nitrogens with zero attached hydrogens (tertiary/aromatic N) is 3. The fourth-order valence-corrected chi connectivity index (χ4v) is 3.87. The molecule has 0 bridgehead atoms. The minimum atomic E-state index is 0. The van der Waals surface area contributed by atoms with Crippen LogP contribution in [0.15, 0.2) is 10.4 Å². The molecule has 2 rings (SSSR count). The quantitative estimate of drug-likeness (QED) is 0.273. The number of guanidine groups is 1. The van der Waals surface area contributed by atoms with Crippen LogP contribution in [0.5, 0.6) is 0 Å². The molecule has 144 valence electrons. The normalized spacial score (nSPS) is 21.4. The number of rotatable bonds is 7. The van der Waals surface area contributed by atoms with Gasteiger partial charge in [-0.1, -0.05) is 6.92 Å². The van der Waals surface area contributed by atoms with Crippen LogP contribution >= 0.6 is 35.3 Å². The number of aryl methyl sites for hydroxylation is 2. The van der Waals surface area contributed by atoms with Crippen LogP contribution in [0.25, 0.3) is 0 Å². The lowest BCUT2D eigenvalue weighted by Gasteiger charge is -2.21. The molecule has 1 aliphatic rings. The van der Waals surface area contributed by atoms with E-state index >= 15 is 0 Å². The minimum Gasteiger partial charge on any atom is -0.357 e. The first kappa shape index (κ1) is 22.6. The van der Waals surface area contributed by atoms with Gasteiger partial charge >= 0.3 is 0 Å². The molecule has 1 aliphatic heterocycles. The molecular weight excluding hydrogens is 445 g/mol. The zero-order chi connectivity index (χ0) is 17.5. The summed E-state index contributed by atoms with van der Waals surface area (Å²) in [6, 6.07) is 1.09. The second-order valence-corrected chi connectivity index (χ2v) is 7.97. The van der Waals surface area contributed by atoms with Crippen molar-refractivity contribution in [2.45, 2.75) is 59.5 Å². The lowest BCUT2D eigenvalue weighted by Crippen LogP contribution is -2.46. The summed E-state index contributed by atoms with van der Waals surface area (Å²) in [6.45, 7) is 15.0. The highest BCUT2D eigenvalue weighted by atomic mass is 127. The summed E-state index contributed by atoms with van der Waals surface area (Å²) < 4.78 is 0. The predicted molar refractivity (Wildman–Crippen MR) is 119 cm³/mol. The number of aromatic nitrogens is 1. The molecule has 7 heteroatoms. The van der Waals surface area contributed by atoms with E-state index in [1.165, 1.54) is 5.01 Å². The third-order valence-electron chi connectivity index (χ3n) is 4.52. The van der Waals surface area contributed by atoms with Gasteiger partial charge in [0.2, 0.25) is 0 Å². The molecule has 2 atom stereocenters. The monoisotopic (exact) mass is 479 g/mol. The van der Waals surface area contributed by atoms with E-state index < -0.39 is 0 Å². The predicted octanol–water partition coefficient (Wildman–Crippen LogP) is 3.29. The Morgan fingerprint density at radius 3 is 2.76 bits per heavy atom. The molecule has 0 aliphatic carbocycles.